The third-order valence-corrected chi connectivity index (χ3v) is 8.33. The number of aliphatic hydroxyl groups is 1. The summed E-state index contributed by atoms with van der Waals surface area (Å²) < 4.78 is 26.8. The summed E-state index contributed by atoms with van der Waals surface area (Å²) in [7, 11) is -4.07. The van der Waals surface area contributed by atoms with Crippen molar-refractivity contribution in [2.75, 3.05) is 6.61 Å². The molecule has 0 bridgehead atoms. The number of benzene rings is 1. The van der Waals surface area contributed by atoms with E-state index in [0.29, 0.717) is 51.9 Å². The Kier molecular flexibility index (Phi) is 8.22. The number of thiophene rings is 1. The third-order valence-electron chi connectivity index (χ3n) is 6.03. The molecule has 1 saturated carbocycles. The van der Waals surface area contributed by atoms with Crippen molar-refractivity contribution in [1.82, 2.24) is 9.97 Å². The first-order valence-electron chi connectivity index (χ1n) is 10.8. The van der Waals surface area contributed by atoms with E-state index < -0.39 is 16.4 Å². The molecule has 1 aliphatic rings. The van der Waals surface area contributed by atoms with Crippen molar-refractivity contribution in [2.45, 2.75) is 31.8 Å². The normalized spacial score (nSPS) is 20.3. The van der Waals surface area contributed by atoms with Crippen molar-refractivity contribution in [1.29, 1.82) is 0 Å². The number of nitrogens with two attached hydrogens (primary N) is 1. The molecule has 0 saturated heterocycles. The Hall–Kier alpha value is -1.92. The maximum atomic E-state index is 13.3. The number of hydrogen-bond donors (Lipinski definition) is 2. The lowest BCUT2D eigenvalue weighted by Gasteiger charge is -2.13. The standard InChI is InChI=1S/C23H23Cl2N3O5S2/c24-18-3-1-2-15(22(18)25)5-14-8-21(34-11-14)23(30)17-9-27-12-28-19(17)6-13-4-16(20(29)7-13)10-33-35(26,31)32/h1-3,8-9,11-13,16,20,29H,4-7,10H2,(H2,26,31,32)/t13-,16+,20-/m0/s1. The van der Waals surface area contributed by atoms with Crippen LogP contribution in [0.4, 0.5) is 0 Å². The van der Waals surface area contributed by atoms with Crippen molar-refractivity contribution in [3.05, 3.63) is 79.5 Å². The first-order valence-corrected chi connectivity index (χ1v) is 13.9. The Morgan fingerprint density at radius 1 is 1.29 bits per heavy atom. The zero-order valence-electron chi connectivity index (χ0n) is 18.4. The summed E-state index contributed by atoms with van der Waals surface area (Å²) in [5.41, 5.74) is 2.81. The second-order valence-electron chi connectivity index (χ2n) is 8.57. The molecule has 2 heterocycles. The van der Waals surface area contributed by atoms with Crippen molar-refractivity contribution in [3.8, 4) is 0 Å². The molecule has 0 spiro atoms. The minimum Gasteiger partial charge on any atom is -0.393 e. The van der Waals surface area contributed by atoms with Crippen molar-refractivity contribution >= 4 is 50.6 Å². The van der Waals surface area contributed by atoms with E-state index in [2.05, 4.69) is 14.2 Å². The van der Waals surface area contributed by atoms with Crippen LogP contribution in [0.3, 0.4) is 0 Å². The smallest absolute Gasteiger partial charge is 0.333 e. The van der Waals surface area contributed by atoms with Crippen molar-refractivity contribution in [3.63, 3.8) is 0 Å². The number of carbonyl (C=O) groups excluding carboxylic acids is 1. The number of rotatable bonds is 9. The molecule has 186 valence electrons. The molecule has 0 aliphatic heterocycles. The molecule has 3 N–H and O–H groups in total. The number of nitrogens with zero attached hydrogens (tertiary/aromatic N) is 2. The van der Waals surface area contributed by atoms with Crippen LogP contribution in [0, 0.1) is 11.8 Å². The summed E-state index contributed by atoms with van der Waals surface area (Å²) in [5, 5.41) is 18.1. The van der Waals surface area contributed by atoms with Gasteiger partial charge >= 0.3 is 10.3 Å². The average Bonchev–Trinajstić information content (AvgIpc) is 3.41. The van der Waals surface area contributed by atoms with Gasteiger partial charge in [-0.15, -0.1) is 11.3 Å². The lowest BCUT2D eigenvalue weighted by atomic mass is 9.96. The number of ketones is 1. The van der Waals surface area contributed by atoms with Gasteiger partial charge in [0.1, 0.15) is 6.33 Å². The zero-order chi connectivity index (χ0) is 25.2. The largest absolute Gasteiger partial charge is 0.393 e. The second kappa shape index (κ2) is 11.0. The molecule has 8 nitrogen and oxygen atoms in total. The van der Waals surface area contributed by atoms with Crippen LogP contribution >= 0.6 is 34.5 Å². The van der Waals surface area contributed by atoms with Crippen molar-refractivity contribution in [2.24, 2.45) is 17.0 Å². The van der Waals surface area contributed by atoms with E-state index in [9.17, 15) is 18.3 Å². The molecule has 0 radical (unpaired) electrons. The summed E-state index contributed by atoms with van der Waals surface area (Å²) in [6.45, 7) is -0.180. The fourth-order valence-electron chi connectivity index (χ4n) is 4.35. The molecular formula is C23H23Cl2N3O5S2. The van der Waals surface area contributed by atoms with Gasteiger partial charge in [0.15, 0.2) is 0 Å². The first kappa shape index (κ1) is 26.2. The highest BCUT2D eigenvalue weighted by atomic mass is 35.5. The van der Waals surface area contributed by atoms with Crippen LogP contribution in [0.2, 0.25) is 10.0 Å². The van der Waals surface area contributed by atoms with E-state index in [-0.39, 0.29) is 24.2 Å². The fourth-order valence-corrected chi connectivity index (χ4v) is 5.97. The van der Waals surface area contributed by atoms with Crippen LogP contribution in [0.1, 0.15) is 44.9 Å². The van der Waals surface area contributed by atoms with Gasteiger partial charge in [-0.1, -0.05) is 35.3 Å². The van der Waals surface area contributed by atoms with Gasteiger partial charge in [0, 0.05) is 12.1 Å². The third kappa shape index (κ3) is 6.65. The Morgan fingerprint density at radius 2 is 2.09 bits per heavy atom. The van der Waals surface area contributed by atoms with Gasteiger partial charge in [-0.25, -0.2) is 15.1 Å². The summed E-state index contributed by atoms with van der Waals surface area (Å²) in [5.74, 6) is -0.538. The topological polar surface area (TPSA) is 132 Å². The molecule has 0 amide bonds. The lowest BCUT2D eigenvalue weighted by molar-refractivity contribution is 0.100. The highest BCUT2D eigenvalue weighted by molar-refractivity contribution is 7.84. The van der Waals surface area contributed by atoms with Crippen LogP contribution in [0.25, 0.3) is 0 Å². The number of hydrogen-bond acceptors (Lipinski definition) is 8. The van der Waals surface area contributed by atoms with E-state index in [1.54, 1.807) is 6.07 Å². The highest BCUT2D eigenvalue weighted by Crippen LogP contribution is 2.35. The summed E-state index contributed by atoms with van der Waals surface area (Å²) in [6.07, 6.45) is 4.13. The fraction of sp³-hybridized carbons (Fsp3) is 0.348. The van der Waals surface area contributed by atoms with Gasteiger partial charge in [-0.2, -0.15) is 8.42 Å². The van der Waals surface area contributed by atoms with E-state index in [1.807, 2.05) is 23.6 Å². The quantitative estimate of drug-likeness (QED) is 0.383. The number of halogens is 2. The molecule has 1 aliphatic carbocycles. The molecule has 12 heteroatoms. The van der Waals surface area contributed by atoms with E-state index in [1.165, 1.54) is 23.9 Å². The molecule has 4 rings (SSSR count). The minimum atomic E-state index is -4.07. The van der Waals surface area contributed by atoms with Crippen molar-refractivity contribution < 1.29 is 22.5 Å². The number of aromatic nitrogens is 2. The number of carbonyl (C=O) groups is 1. The lowest BCUT2D eigenvalue weighted by Crippen LogP contribution is -2.24. The SMILES string of the molecule is NS(=O)(=O)OC[C@H]1C[C@@H](Cc2ncncc2C(=O)c2cc(Cc3cccc(Cl)c3Cl)cs2)C[C@@H]1O. The first-order chi connectivity index (χ1) is 16.6. The van der Waals surface area contributed by atoms with Gasteiger partial charge in [-0.05, 0) is 60.2 Å². The predicted molar refractivity (Wildman–Crippen MR) is 134 cm³/mol. The van der Waals surface area contributed by atoms with Crippen LogP contribution in [-0.4, -0.2) is 42.0 Å². The van der Waals surface area contributed by atoms with E-state index in [0.717, 1.165) is 11.1 Å². The molecule has 3 aromatic rings. The zero-order valence-corrected chi connectivity index (χ0v) is 21.6. The summed E-state index contributed by atoms with van der Waals surface area (Å²) >= 11 is 13.7. The highest BCUT2D eigenvalue weighted by Gasteiger charge is 2.35. The average molecular weight is 556 g/mol. The van der Waals surface area contributed by atoms with Gasteiger partial charge in [0.05, 0.1) is 38.9 Å². The van der Waals surface area contributed by atoms with Gasteiger partial charge in [-0.3, -0.25) is 8.98 Å². The Labute approximate surface area is 217 Å². The second-order valence-corrected chi connectivity index (χ2v) is 11.5. The monoisotopic (exact) mass is 555 g/mol. The summed E-state index contributed by atoms with van der Waals surface area (Å²) in [6, 6.07) is 7.29. The van der Waals surface area contributed by atoms with Gasteiger partial charge in [0.25, 0.3) is 0 Å². The molecule has 3 atom stereocenters. The van der Waals surface area contributed by atoms with Gasteiger partial charge < -0.3 is 5.11 Å². The molecule has 1 aromatic carbocycles. The molecule has 0 unspecified atom stereocenters. The van der Waals surface area contributed by atoms with Crippen LogP contribution in [0.5, 0.6) is 0 Å². The maximum absolute atomic E-state index is 13.3. The van der Waals surface area contributed by atoms with E-state index >= 15 is 0 Å². The Balaban J connectivity index is 1.46. The minimum absolute atomic E-state index is 0.00407. The molecule has 35 heavy (non-hydrogen) atoms. The summed E-state index contributed by atoms with van der Waals surface area (Å²) in [4.78, 5) is 22.2. The van der Waals surface area contributed by atoms with Crippen LogP contribution < -0.4 is 5.14 Å². The Morgan fingerprint density at radius 3 is 2.86 bits per heavy atom. The van der Waals surface area contributed by atoms with Crippen LogP contribution in [0.15, 0.2) is 42.2 Å². The molecular weight excluding hydrogens is 533 g/mol. The Bertz CT molecular complexity index is 1330. The van der Waals surface area contributed by atoms with Gasteiger partial charge in [0.2, 0.25) is 5.78 Å². The van der Waals surface area contributed by atoms with Crippen LogP contribution in [-0.2, 0) is 27.3 Å². The number of aliphatic hydroxyl groups excluding tert-OH is 1. The van der Waals surface area contributed by atoms with E-state index in [4.69, 9.17) is 28.3 Å². The predicted octanol–water partition coefficient (Wildman–Crippen LogP) is 3.82. The maximum Gasteiger partial charge on any atom is 0.333 e. The molecule has 1 fully saturated rings. The molecule has 2 aromatic heterocycles.